The molecular weight excluding hydrogens is 346 g/mol. The van der Waals surface area contributed by atoms with Crippen LogP contribution in [0.25, 0.3) is 10.4 Å². The van der Waals surface area contributed by atoms with Gasteiger partial charge < -0.3 is 14.5 Å². The van der Waals surface area contributed by atoms with Crippen molar-refractivity contribution in [2.45, 2.75) is 26.4 Å². The lowest BCUT2D eigenvalue weighted by Gasteiger charge is -2.26. The smallest absolute Gasteiger partial charge is 0.410 e. The highest BCUT2D eigenvalue weighted by molar-refractivity contribution is 7.18. The number of nitrogens with zero attached hydrogens (tertiary/aromatic N) is 3. The van der Waals surface area contributed by atoms with Gasteiger partial charge in [-0.2, -0.15) is 0 Å². The minimum atomic E-state index is -0.435. The maximum absolute atomic E-state index is 12.3. The van der Waals surface area contributed by atoms with Gasteiger partial charge in [0.1, 0.15) is 5.60 Å². The molecule has 0 saturated carbocycles. The van der Waals surface area contributed by atoms with E-state index in [0.29, 0.717) is 11.8 Å². The molecule has 1 aromatic carbocycles. The van der Waals surface area contributed by atoms with E-state index < -0.39 is 5.60 Å². The Kier molecular flexibility index (Phi) is 4.39. The summed E-state index contributed by atoms with van der Waals surface area (Å²) in [6.45, 7) is 9.24. The molecular formula is C20H25N3O2S. The molecule has 0 bridgehead atoms. The summed E-state index contributed by atoms with van der Waals surface area (Å²) in [6, 6.07) is 10.4. The normalized spacial score (nSPS) is 22.6. The maximum atomic E-state index is 12.3. The van der Waals surface area contributed by atoms with Gasteiger partial charge in [-0.3, -0.25) is 0 Å². The predicted molar refractivity (Wildman–Crippen MR) is 105 cm³/mol. The Morgan fingerprint density at radius 3 is 2.38 bits per heavy atom. The molecule has 0 aliphatic carbocycles. The molecule has 2 unspecified atom stereocenters. The van der Waals surface area contributed by atoms with Gasteiger partial charge in [0.25, 0.3) is 0 Å². The largest absolute Gasteiger partial charge is 0.444 e. The second-order valence-electron chi connectivity index (χ2n) is 8.18. The number of thiazole rings is 1. The van der Waals surface area contributed by atoms with E-state index in [1.54, 1.807) is 11.3 Å². The lowest BCUT2D eigenvalue weighted by atomic mass is 10.0. The van der Waals surface area contributed by atoms with Crippen LogP contribution in [0.2, 0.25) is 0 Å². The van der Waals surface area contributed by atoms with Crippen LogP contribution in [0, 0.1) is 11.8 Å². The van der Waals surface area contributed by atoms with Crippen LogP contribution < -0.4 is 4.90 Å². The Bertz CT molecular complexity index is 770. The molecule has 5 nitrogen and oxygen atoms in total. The molecule has 2 fully saturated rings. The molecule has 2 atom stereocenters. The number of likely N-dealkylation sites (tertiary alicyclic amines) is 1. The molecule has 1 aromatic heterocycles. The average Bonchev–Trinajstić information content (AvgIpc) is 3.28. The first-order chi connectivity index (χ1) is 12.4. The second-order valence-corrected chi connectivity index (χ2v) is 9.19. The van der Waals surface area contributed by atoms with Crippen molar-refractivity contribution in [3.8, 4) is 10.4 Å². The number of rotatable bonds is 2. The summed E-state index contributed by atoms with van der Waals surface area (Å²) in [4.78, 5) is 22.4. The molecule has 4 rings (SSSR count). The van der Waals surface area contributed by atoms with E-state index in [0.717, 1.165) is 31.3 Å². The number of carbonyl (C=O) groups excluding carboxylic acids is 1. The zero-order valence-corrected chi connectivity index (χ0v) is 16.3. The predicted octanol–water partition coefficient (Wildman–Crippen LogP) is 4.11. The van der Waals surface area contributed by atoms with Crippen molar-refractivity contribution in [3.05, 3.63) is 36.5 Å². The third-order valence-electron chi connectivity index (χ3n) is 4.96. The first kappa shape index (κ1) is 17.3. The summed E-state index contributed by atoms with van der Waals surface area (Å²) in [7, 11) is 0. The van der Waals surface area contributed by atoms with Gasteiger partial charge in [-0.1, -0.05) is 41.7 Å². The molecule has 1 amide bonds. The topological polar surface area (TPSA) is 45.7 Å². The average molecular weight is 372 g/mol. The molecule has 138 valence electrons. The van der Waals surface area contributed by atoms with Crippen molar-refractivity contribution < 1.29 is 9.53 Å². The molecule has 2 aliphatic rings. The maximum Gasteiger partial charge on any atom is 0.410 e. The Morgan fingerprint density at radius 2 is 1.77 bits per heavy atom. The molecule has 0 N–H and O–H groups in total. The van der Waals surface area contributed by atoms with Crippen molar-refractivity contribution >= 4 is 22.6 Å². The number of fused-ring (bicyclic) bond motifs is 1. The highest BCUT2D eigenvalue weighted by Gasteiger charge is 2.43. The fourth-order valence-corrected chi connectivity index (χ4v) is 4.71. The van der Waals surface area contributed by atoms with Crippen LogP contribution in [0.1, 0.15) is 20.8 Å². The molecule has 2 aromatic rings. The van der Waals surface area contributed by atoms with Gasteiger partial charge in [0.2, 0.25) is 0 Å². The fourth-order valence-electron chi connectivity index (χ4n) is 3.77. The number of amides is 1. The Morgan fingerprint density at radius 1 is 1.12 bits per heavy atom. The summed E-state index contributed by atoms with van der Waals surface area (Å²) in [5.41, 5.74) is 0.780. The highest BCUT2D eigenvalue weighted by atomic mass is 32.1. The zero-order chi connectivity index (χ0) is 18.3. The summed E-state index contributed by atoms with van der Waals surface area (Å²) < 4.78 is 5.51. The molecule has 26 heavy (non-hydrogen) atoms. The lowest BCUT2D eigenvalue weighted by molar-refractivity contribution is 0.0282. The zero-order valence-electron chi connectivity index (χ0n) is 15.5. The van der Waals surface area contributed by atoms with Gasteiger partial charge in [0.05, 0.1) is 4.88 Å². The van der Waals surface area contributed by atoms with E-state index >= 15 is 0 Å². The fraction of sp³-hybridized carbons (Fsp3) is 0.500. The summed E-state index contributed by atoms with van der Waals surface area (Å²) >= 11 is 1.75. The second kappa shape index (κ2) is 6.58. The quantitative estimate of drug-likeness (QED) is 0.797. The van der Waals surface area contributed by atoms with Gasteiger partial charge >= 0.3 is 6.09 Å². The van der Waals surface area contributed by atoms with Crippen molar-refractivity contribution in [2.24, 2.45) is 11.8 Å². The van der Waals surface area contributed by atoms with Gasteiger partial charge in [0, 0.05) is 44.2 Å². The molecule has 2 aliphatic heterocycles. The van der Waals surface area contributed by atoms with E-state index in [4.69, 9.17) is 4.74 Å². The lowest BCUT2D eigenvalue weighted by Crippen LogP contribution is -2.37. The van der Waals surface area contributed by atoms with Gasteiger partial charge in [0.15, 0.2) is 5.13 Å². The molecule has 0 radical (unpaired) electrons. The van der Waals surface area contributed by atoms with Crippen LogP contribution >= 0.6 is 11.3 Å². The van der Waals surface area contributed by atoms with Crippen LogP contribution in [0.3, 0.4) is 0 Å². The van der Waals surface area contributed by atoms with E-state index in [1.807, 2.05) is 37.9 Å². The number of benzene rings is 1. The van der Waals surface area contributed by atoms with Crippen LogP contribution in [-0.4, -0.2) is 47.8 Å². The van der Waals surface area contributed by atoms with E-state index in [2.05, 4.69) is 34.1 Å². The van der Waals surface area contributed by atoms with E-state index in [-0.39, 0.29) is 6.09 Å². The van der Waals surface area contributed by atoms with Gasteiger partial charge in [-0.25, -0.2) is 9.78 Å². The van der Waals surface area contributed by atoms with Gasteiger partial charge in [-0.05, 0) is 26.3 Å². The third kappa shape index (κ3) is 3.56. The van der Waals surface area contributed by atoms with Crippen LogP contribution in [0.5, 0.6) is 0 Å². The summed E-state index contributed by atoms with van der Waals surface area (Å²) in [5, 5.41) is 1.09. The van der Waals surface area contributed by atoms with E-state index in [9.17, 15) is 4.79 Å². The standard InChI is InChI=1S/C20H25N3O2S/c1-20(2,3)25-19(24)23-12-15-10-22(11-16(15)13-23)18-21-9-17(26-18)14-7-5-4-6-8-14/h4-9,15-16H,10-13H2,1-3H3. The minimum absolute atomic E-state index is 0.181. The Labute approximate surface area is 158 Å². The van der Waals surface area contributed by atoms with Gasteiger partial charge in [-0.15, -0.1) is 0 Å². The number of carbonyl (C=O) groups is 1. The Balaban J connectivity index is 1.38. The summed E-state index contributed by atoms with van der Waals surface area (Å²) in [6.07, 6.45) is 1.79. The first-order valence-electron chi connectivity index (χ1n) is 9.13. The molecule has 6 heteroatoms. The van der Waals surface area contributed by atoms with Crippen molar-refractivity contribution in [3.63, 3.8) is 0 Å². The van der Waals surface area contributed by atoms with Crippen LogP contribution in [-0.2, 0) is 4.74 Å². The monoisotopic (exact) mass is 371 g/mol. The van der Waals surface area contributed by atoms with Crippen LogP contribution in [0.15, 0.2) is 36.5 Å². The number of anilines is 1. The van der Waals surface area contributed by atoms with Crippen molar-refractivity contribution in [2.75, 3.05) is 31.1 Å². The van der Waals surface area contributed by atoms with Crippen molar-refractivity contribution in [1.82, 2.24) is 9.88 Å². The molecule has 0 spiro atoms. The number of ether oxygens (including phenoxy) is 1. The SMILES string of the molecule is CC(C)(C)OC(=O)N1CC2CN(c3ncc(-c4ccccc4)s3)CC2C1. The number of hydrogen-bond donors (Lipinski definition) is 0. The number of aromatic nitrogens is 1. The highest BCUT2D eigenvalue weighted by Crippen LogP contribution is 2.38. The molecule has 3 heterocycles. The van der Waals surface area contributed by atoms with Crippen LogP contribution in [0.4, 0.5) is 9.93 Å². The minimum Gasteiger partial charge on any atom is -0.444 e. The molecule has 2 saturated heterocycles. The van der Waals surface area contributed by atoms with E-state index in [1.165, 1.54) is 10.4 Å². The number of hydrogen-bond acceptors (Lipinski definition) is 5. The Hall–Kier alpha value is -2.08. The van der Waals surface area contributed by atoms with Crippen molar-refractivity contribution in [1.29, 1.82) is 0 Å². The third-order valence-corrected chi connectivity index (χ3v) is 6.07. The first-order valence-corrected chi connectivity index (χ1v) is 9.95. The summed E-state index contributed by atoms with van der Waals surface area (Å²) in [5.74, 6) is 1.01.